The smallest absolute Gasteiger partial charge is 0.115 e. The lowest BCUT2D eigenvalue weighted by atomic mass is 10.0. The second-order valence-electron chi connectivity index (χ2n) is 19.2. The van der Waals surface area contributed by atoms with Crippen LogP contribution in [0.3, 0.4) is 0 Å². The maximum absolute atomic E-state index is 4.18. The van der Waals surface area contributed by atoms with E-state index in [1.807, 2.05) is 221 Å². The van der Waals surface area contributed by atoms with Crippen LogP contribution >= 0.6 is 0 Å². The molecule has 7 aromatic heterocycles. The lowest BCUT2D eigenvalue weighted by Gasteiger charge is -2.01. The quantitative estimate of drug-likeness (QED) is 0.145. The molecule has 0 amide bonds. The van der Waals surface area contributed by atoms with E-state index in [-0.39, 0.29) is 0 Å². The molecule has 8 aromatic rings. The maximum atomic E-state index is 4.18. The van der Waals surface area contributed by atoms with E-state index in [0.717, 1.165) is 17.1 Å². The molecule has 10 heteroatoms. The third kappa shape index (κ3) is 60.7. The van der Waals surface area contributed by atoms with Crippen LogP contribution in [0.25, 0.3) is 0 Å². The van der Waals surface area contributed by atoms with E-state index in [2.05, 4.69) is 197 Å². The summed E-state index contributed by atoms with van der Waals surface area (Å²) in [6.07, 6.45) is 23.2. The van der Waals surface area contributed by atoms with Crippen molar-refractivity contribution in [2.45, 2.75) is 269 Å². The number of pyridine rings is 4. The van der Waals surface area contributed by atoms with Crippen molar-refractivity contribution in [1.29, 1.82) is 0 Å². The minimum Gasteiger partial charge on any atom is -0.265 e. The van der Waals surface area contributed by atoms with Gasteiger partial charge in [0, 0.05) is 79.6 Å². The van der Waals surface area contributed by atoms with Gasteiger partial charge in [-0.3, -0.25) is 19.9 Å². The van der Waals surface area contributed by atoms with Crippen molar-refractivity contribution in [2.75, 3.05) is 0 Å². The standard InChI is InChI=1S/C9H12.4C8H11N.3C7H10N2.8C2H6/c1-8(2)9-6-4-3-5-7-9;1-7(2)8-3-5-9-6-4-8;2*1-7(2)8-4-3-5-9-6-8;1-7(2)8-5-3-4-6-9-8;1-6(2)7-3-8-5-9-4-7;1-6(2)7-3-4-8-5-9-7;1-6(2)7-4-3-5-8-9-7;8*1-2/h3-8H,1-2H3;4*3-7H,1-2H3;3*3-6H,1-2H3;8*1-2H3. The summed E-state index contributed by atoms with van der Waals surface area (Å²) in [5.41, 5.74) is 9.88. The van der Waals surface area contributed by atoms with Gasteiger partial charge in [0.25, 0.3) is 0 Å². The lowest BCUT2D eigenvalue weighted by Crippen LogP contribution is -1.92. The van der Waals surface area contributed by atoms with Gasteiger partial charge >= 0.3 is 0 Å². The van der Waals surface area contributed by atoms with Crippen LogP contribution in [-0.4, -0.2) is 50.1 Å². The van der Waals surface area contributed by atoms with Crippen LogP contribution in [0.1, 0.15) is 314 Å². The second-order valence-corrected chi connectivity index (χ2v) is 19.2. The first kappa shape index (κ1) is 97.3. The normalized spacial score (nSPS) is 8.82. The summed E-state index contributed by atoms with van der Waals surface area (Å²) in [7, 11) is 0. The van der Waals surface area contributed by atoms with Crippen molar-refractivity contribution in [3.63, 3.8) is 0 Å². The van der Waals surface area contributed by atoms with Gasteiger partial charge in [0.2, 0.25) is 0 Å². The van der Waals surface area contributed by atoms with E-state index in [1.54, 1.807) is 37.4 Å². The highest BCUT2D eigenvalue weighted by Gasteiger charge is 2.00. The van der Waals surface area contributed by atoms with Crippen molar-refractivity contribution in [3.8, 4) is 0 Å². The number of benzene rings is 1. The Hall–Kier alpha value is -6.94. The van der Waals surface area contributed by atoms with E-state index in [0.29, 0.717) is 47.3 Å². The van der Waals surface area contributed by atoms with Gasteiger partial charge in [0.15, 0.2) is 0 Å². The topological polar surface area (TPSA) is 129 Å². The fourth-order valence-corrected chi connectivity index (χ4v) is 5.61. The molecule has 88 heavy (non-hydrogen) atoms. The van der Waals surface area contributed by atoms with Crippen molar-refractivity contribution in [2.24, 2.45) is 0 Å². The van der Waals surface area contributed by atoms with Crippen LogP contribution in [0.15, 0.2) is 184 Å². The molecular formula is C78H134N10. The van der Waals surface area contributed by atoms with Gasteiger partial charge in [-0.2, -0.15) is 10.2 Å². The predicted molar refractivity (Wildman–Crippen MR) is 393 cm³/mol. The second kappa shape index (κ2) is 76.2. The summed E-state index contributed by atoms with van der Waals surface area (Å²) in [6.45, 7) is 66.4. The Morgan fingerprint density at radius 3 is 0.795 bits per heavy atom. The summed E-state index contributed by atoms with van der Waals surface area (Å²) < 4.78 is 0. The molecule has 0 aliphatic heterocycles. The SMILES string of the molecule is CC.CC.CC.CC.CC.CC.CC.CC.CC(C)c1ccccc1.CC(C)c1ccccn1.CC(C)c1cccnc1.CC(C)c1cccnc1.CC(C)c1cccnn1.CC(C)c1ccncc1.CC(C)c1ccncn1.CC(C)c1cncnc1. The summed E-state index contributed by atoms with van der Waals surface area (Å²) in [6, 6.07) is 34.6. The molecule has 1 aromatic carbocycles. The van der Waals surface area contributed by atoms with Crippen LogP contribution in [0.5, 0.6) is 0 Å². The van der Waals surface area contributed by atoms with Gasteiger partial charge in [-0.25, -0.2) is 19.9 Å². The van der Waals surface area contributed by atoms with Gasteiger partial charge < -0.3 is 0 Å². The third-order valence-corrected chi connectivity index (χ3v) is 10.4. The van der Waals surface area contributed by atoms with E-state index >= 15 is 0 Å². The van der Waals surface area contributed by atoms with Gasteiger partial charge in [0.1, 0.15) is 12.7 Å². The fraction of sp³-hybridized carbons (Fsp3) is 0.513. The largest absolute Gasteiger partial charge is 0.265 e. The van der Waals surface area contributed by atoms with Crippen LogP contribution in [0, 0.1) is 0 Å². The first-order valence-electron chi connectivity index (χ1n) is 33.4. The van der Waals surface area contributed by atoms with Gasteiger partial charge in [0.05, 0.1) is 5.69 Å². The molecule has 496 valence electrons. The molecule has 0 aliphatic rings. The average molecular weight is 1210 g/mol. The average Bonchev–Trinajstić information content (AvgIpc) is 3.61. The number of rotatable bonds is 8. The van der Waals surface area contributed by atoms with Gasteiger partial charge in [-0.1, -0.05) is 270 Å². The minimum absolute atomic E-state index is 0.485. The first-order chi connectivity index (χ1) is 42.4. The molecule has 0 aliphatic carbocycles. The molecule has 0 radical (unpaired) electrons. The third-order valence-electron chi connectivity index (χ3n) is 10.4. The van der Waals surface area contributed by atoms with Crippen LogP contribution in [0.4, 0.5) is 0 Å². The number of aromatic nitrogens is 10. The monoisotopic (exact) mass is 1210 g/mol. The van der Waals surface area contributed by atoms with Gasteiger partial charge in [-0.05, 0) is 130 Å². The Labute approximate surface area is 545 Å². The Morgan fingerprint density at radius 2 is 0.557 bits per heavy atom. The maximum Gasteiger partial charge on any atom is 0.115 e. The molecule has 0 spiro atoms. The summed E-state index contributed by atoms with van der Waals surface area (Å²) >= 11 is 0. The molecule has 0 bridgehead atoms. The van der Waals surface area contributed by atoms with Crippen LogP contribution in [0.2, 0.25) is 0 Å². The summed E-state index contributed by atoms with van der Waals surface area (Å²) in [5, 5.41) is 7.68. The molecule has 0 saturated carbocycles. The number of hydrogen-bond donors (Lipinski definition) is 0. The number of nitrogens with zero attached hydrogens (tertiary/aromatic N) is 10. The Kier molecular flexibility index (Phi) is 84.2. The van der Waals surface area contributed by atoms with E-state index in [9.17, 15) is 0 Å². The summed E-state index contributed by atoms with van der Waals surface area (Å²) in [4.78, 5) is 31.8. The summed E-state index contributed by atoms with van der Waals surface area (Å²) in [5.74, 6) is 4.54. The zero-order chi connectivity index (χ0) is 69.5. The molecule has 10 nitrogen and oxygen atoms in total. The van der Waals surface area contributed by atoms with Crippen molar-refractivity contribution >= 4 is 0 Å². The van der Waals surface area contributed by atoms with E-state index in [4.69, 9.17) is 0 Å². The van der Waals surface area contributed by atoms with Crippen LogP contribution < -0.4 is 0 Å². The lowest BCUT2D eigenvalue weighted by molar-refractivity contribution is 0.785. The van der Waals surface area contributed by atoms with E-state index < -0.39 is 0 Å². The molecule has 8 rings (SSSR count). The zero-order valence-electron chi connectivity index (χ0n) is 62.4. The van der Waals surface area contributed by atoms with Crippen molar-refractivity contribution in [1.82, 2.24) is 50.1 Å². The Bertz CT molecular complexity index is 1870. The molecule has 7 heterocycles. The molecule has 0 N–H and O–H groups in total. The molecule has 0 saturated heterocycles. The highest BCUT2D eigenvalue weighted by atomic mass is 15.1. The molecule has 0 fully saturated rings. The number of hydrogen-bond acceptors (Lipinski definition) is 10. The highest BCUT2D eigenvalue weighted by molar-refractivity contribution is 5.18. The van der Waals surface area contributed by atoms with Crippen molar-refractivity contribution in [3.05, 3.63) is 229 Å². The van der Waals surface area contributed by atoms with E-state index in [1.165, 1.54) is 27.8 Å². The Balaban J connectivity index is -0.000000134. The molecule has 0 unspecified atom stereocenters. The van der Waals surface area contributed by atoms with Crippen LogP contribution in [-0.2, 0) is 0 Å². The Morgan fingerprint density at radius 1 is 0.216 bits per heavy atom. The fourth-order valence-electron chi connectivity index (χ4n) is 5.61. The molecular weight excluding hydrogens is 1080 g/mol. The van der Waals surface area contributed by atoms with Crippen molar-refractivity contribution < 1.29 is 0 Å². The predicted octanol–water partition coefficient (Wildman–Crippen LogP) is 24.6. The first-order valence-corrected chi connectivity index (χ1v) is 33.4. The molecule has 0 atom stereocenters. The minimum atomic E-state index is 0.485. The highest BCUT2D eigenvalue weighted by Crippen LogP contribution is 2.15. The van der Waals surface area contributed by atoms with Gasteiger partial charge in [-0.15, -0.1) is 0 Å². The zero-order valence-corrected chi connectivity index (χ0v) is 62.4.